The topological polar surface area (TPSA) is 104 Å². The lowest BCUT2D eigenvalue weighted by atomic mass is 10.2. The van der Waals surface area contributed by atoms with Gasteiger partial charge in [0, 0.05) is 0 Å². The highest BCUT2D eigenvalue weighted by atomic mass is 32.2. The number of carboxylic acids is 1. The molecule has 2 atom stereocenters. The summed E-state index contributed by atoms with van der Waals surface area (Å²) in [6.07, 6.45) is -1.27. The summed E-state index contributed by atoms with van der Waals surface area (Å²) < 4.78 is 24.7. The van der Waals surface area contributed by atoms with Crippen molar-refractivity contribution in [3.63, 3.8) is 0 Å². The van der Waals surface area contributed by atoms with Gasteiger partial charge in [-0.05, 0) is 12.8 Å². The van der Waals surface area contributed by atoms with Gasteiger partial charge in [-0.25, -0.2) is 8.42 Å². The van der Waals surface area contributed by atoms with Gasteiger partial charge in [-0.1, -0.05) is 13.8 Å². The first-order valence-electron chi connectivity index (χ1n) is 4.56. The van der Waals surface area contributed by atoms with Crippen molar-refractivity contribution in [3.05, 3.63) is 0 Å². The summed E-state index contributed by atoms with van der Waals surface area (Å²) in [5.41, 5.74) is 0. The maximum absolute atomic E-state index is 11.4. The maximum atomic E-state index is 11.4. The third-order valence-corrected chi connectivity index (χ3v) is 3.33. The fourth-order valence-corrected chi connectivity index (χ4v) is 2.69. The van der Waals surface area contributed by atoms with Gasteiger partial charge < -0.3 is 10.2 Å². The van der Waals surface area contributed by atoms with E-state index in [9.17, 15) is 13.2 Å². The lowest BCUT2D eigenvalue weighted by molar-refractivity contribution is -0.141. The molecule has 0 saturated carbocycles. The number of carboxylic acid groups (broad SMARTS) is 1. The molecule has 0 saturated heterocycles. The smallest absolute Gasteiger partial charge is 0.324 e. The second kappa shape index (κ2) is 5.43. The van der Waals surface area contributed by atoms with E-state index in [-0.39, 0.29) is 11.7 Å². The molecule has 6 nitrogen and oxygen atoms in total. The van der Waals surface area contributed by atoms with Crippen LogP contribution in [0.3, 0.4) is 0 Å². The quantitative estimate of drug-likeness (QED) is 0.574. The number of rotatable bonds is 6. The van der Waals surface area contributed by atoms with Crippen LogP contribution in [0.5, 0.6) is 0 Å². The maximum Gasteiger partial charge on any atom is 0.324 e. The molecule has 0 fully saturated rings. The third-order valence-electron chi connectivity index (χ3n) is 1.61. The van der Waals surface area contributed by atoms with E-state index in [2.05, 4.69) is 0 Å². The summed E-state index contributed by atoms with van der Waals surface area (Å²) in [5, 5.41) is 17.7. The highest BCUT2D eigenvalue weighted by Gasteiger charge is 2.28. The molecule has 0 aliphatic rings. The van der Waals surface area contributed by atoms with Crippen molar-refractivity contribution in [2.24, 2.45) is 5.92 Å². The molecule has 0 rings (SSSR count). The molecule has 0 aromatic heterocycles. The molecule has 7 heteroatoms. The van der Waals surface area contributed by atoms with Gasteiger partial charge in [0.25, 0.3) is 0 Å². The van der Waals surface area contributed by atoms with Crippen LogP contribution in [0.25, 0.3) is 0 Å². The number of aliphatic hydroxyl groups excluding tert-OH is 1. The fraction of sp³-hybridized carbons (Fsp3) is 0.875. The summed E-state index contributed by atoms with van der Waals surface area (Å²) in [5.74, 6) is -1.66. The normalized spacial score (nSPS) is 16.3. The molecule has 90 valence electrons. The second-order valence-electron chi connectivity index (χ2n) is 3.85. The van der Waals surface area contributed by atoms with Gasteiger partial charge in [0.1, 0.15) is 6.04 Å². The Bertz CT molecular complexity index is 309. The average molecular weight is 239 g/mol. The number of carbonyl (C=O) groups is 1. The largest absolute Gasteiger partial charge is 0.480 e. The van der Waals surface area contributed by atoms with E-state index >= 15 is 0 Å². The van der Waals surface area contributed by atoms with Crippen molar-refractivity contribution in [1.82, 2.24) is 4.72 Å². The lowest BCUT2D eigenvalue weighted by Gasteiger charge is -2.17. The standard InChI is InChI=1S/C8H17NO5S/c1-5(2)4-15(13,14)9-7(6(3)10)8(11)12/h5-7,9-10H,4H2,1-3H3,(H,11,12)/t6-,7+/m1/s1. The molecule has 3 N–H and O–H groups in total. The van der Waals surface area contributed by atoms with Crippen LogP contribution < -0.4 is 4.72 Å². The van der Waals surface area contributed by atoms with Gasteiger partial charge in [0.15, 0.2) is 0 Å². The molecule has 0 aliphatic carbocycles. The molecule has 0 heterocycles. The van der Waals surface area contributed by atoms with E-state index in [4.69, 9.17) is 10.2 Å². The molecule has 0 bridgehead atoms. The van der Waals surface area contributed by atoms with Crippen LogP contribution in [0.15, 0.2) is 0 Å². The van der Waals surface area contributed by atoms with E-state index < -0.39 is 28.1 Å². The minimum absolute atomic E-state index is 0.106. The number of sulfonamides is 1. The van der Waals surface area contributed by atoms with Crippen molar-refractivity contribution in [3.8, 4) is 0 Å². The van der Waals surface area contributed by atoms with Crippen molar-refractivity contribution < 1.29 is 23.4 Å². The fourth-order valence-electron chi connectivity index (χ4n) is 1.04. The molecule has 15 heavy (non-hydrogen) atoms. The zero-order valence-corrected chi connectivity index (χ0v) is 9.78. The minimum Gasteiger partial charge on any atom is -0.480 e. The van der Waals surface area contributed by atoms with E-state index in [1.807, 2.05) is 4.72 Å². The Morgan fingerprint density at radius 2 is 1.80 bits per heavy atom. The lowest BCUT2D eigenvalue weighted by Crippen LogP contribution is -2.48. The summed E-state index contributed by atoms with van der Waals surface area (Å²) in [7, 11) is -3.66. The Morgan fingerprint density at radius 3 is 2.07 bits per heavy atom. The molecular formula is C8H17NO5S. The van der Waals surface area contributed by atoms with Crippen LogP contribution in [0, 0.1) is 5.92 Å². The van der Waals surface area contributed by atoms with Crippen LogP contribution in [-0.2, 0) is 14.8 Å². The Morgan fingerprint density at radius 1 is 1.33 bits per heavy atom. The Kier molecular flexibility index (Phi) is 5.19. The first-order chi connectivity index (χ1) is 6.65. The Labute approximate surface area is 89.4 Å². The summed E-state index contributed by atoms with van der Waals surface area (Å²) in [6.45, 7) is 4.63. The van der Waals surface area contributed by atoms with Crippen molar-refractivity contribution in [2.75, 3.05) is 5.75 Å². The zero-order chi connectivity index (χ0) is 12.2. The molecule has 0 aromatic rings. The molecule has 0 amide bonds. The van der Waals surface area contributed by atoms with E-state index in [1.54, 1.807) is 13.8 Å². The van der Waals surface area contributed by atoms with Crippen LogP contribution >= 0.6 is 0 Å². The van der Waals surface area contributed by atoms with E-state index in [1.165, 1.54) is 6.92 Å². The predicted molar refractivity (Wildman–Crippen MR) is 54.9 cm³/mol. The molecular weight excluding hydrogens is 222 g/mol. The van der Waals surface area contributed by atoms with Gasteiger partial charge >= 0.3 is 5.97 Å². The Balaban J connectivity index is 4.61. The first-order valence-corrected chi connectivity index (χ1v) is 6.22. The molecule has 0 radical (unpaired) electrons. The molecule has 0 unspecified atom stereocenters. The Hall–Kier alpha value is -0.660. The number of aliphatic hydroxyl groups is 1. The summed E-state index contributed by atoms with van der Waals surface area (Å²) in [6, 6.07) is -1.49. The molecule has 0 aliphatic heterocycles. The SMILES string of the molecule is CC(C)CS(=O)(=O)N[C@H](C(=O)O)[C@@H](C)O. The van der Waals surface area contributed by atoms with Crippen LogP contribution in [-0.4, -0.2) is 42.5 Å². The highest BCUT2D eigenvalue weighted by molar-refractivity contribution is 7.89. The highest BCUT2D eigenvalue weighted by Crippen LogP contribution is 2.01. The molecule has 0 spiro atoms. The van der Waals surface area contributed by atoms with Crippen LogP contribution in [0.4, 0.5) is 0 Å². The van der Waals surface area contributed by atoms with Crippen molar-refractivity contribution in [1.29, 1.82) is 0 Å². The number of hydrogen-bond donors (Lipinski definition) is 3. The number of nitrogens with one attached hydrogen (secondary N) is 1. The summed E-state index contributed by atoms with van der Waals surface area (Å²) >= 11 is 0. The zero-order valence-electron chi connectivity index (χ0n) is 8.97. The van der Waals surface area contributed by atoms with Gasteiger partial charge in [-0.3, -0.25) is 4.79 Å². The van der Waals surface area contributed by atoms with Crippen LogP contribution in [0.1, 0.15) is 20.8 Å². The van der Waals surface area contributed by atoms with Gasteiger partial charge in [0.05, 0.1) is 11.9 Å². The third kappa shape index (κ3) is 5.71. The van der Waals surface area contributed by atoms with Gasteiger partial charge in [-0.15, -0.1) is 0 Å². The average Bonchev–Trinajstić information content (AvgIpc) is 1.96. The summed E-state index contributed by atoms with van der Waals surface area (Å²) in [4.78, 5) is 10.6. The van der Waals surface area contributed by atoms with Gasteiger partial charge in [-0.2, -0.15) is 4.72 Å². The van der Waals surface area contributed by atoms with Gasteiger partial charge in [0.2, 0.25) is 10.0 Å². The first kappa shape index (κ1) is 14.3. The van der Waals surface area contributed by atoms with E-state index in [0.29, 0.717) is 0 Å². The van der Waals surface area contributed by atoms with Crippen molar-refractivity contribution in [2.45, 2.75) is 32.9 Å². The van der Waals surface area contributed by atoms with Crippen LogP contribution in [0.2, 0.25) is 0 Å². The van der Waals surface area contributed by atoms with E-state index in [0.717, 1.165) is 0 Å². The predicted octanol–water partition coefficient (Wildman–Crippen LogP) is -0.604. The van der Waals surface area contributed by atoms with Crippen molar-refractivity contribution >= 4 is 16.0 Å². The number of aliphatic carboxylic acids is 1. The monoisotopic (exact) mass is 239 g/mol. The minimum atomic E-state index is -3.66. The molecule has 0 aromatic carbocycles. The number of hydrogen-bond acceptors (Lipinski definition) is 4. The second-order valence-corrected chi connectivity index (χ2v) is 5.65.